The number of aromatic amines is 1. The van der Waals surface area contributed by atoms with E-state index in [0.717, 1.165) is 16.4 Å². The molecule has 0 amide bonds. The Labute approximate surface area is 86.4 Å². The van der Waals surface area contributed by atoms with E-state index in [4.69, 9.17) is 16.7 Å². The van der Waals surface area contributed by atoms with Crippen molar-refractivity contribution in [3.8, 4) is 5.88 Å². The maximum absolute atomic E-state index is 9.04. The molecule has 1 aromatic heterocycles. The Kier molecular flexibility index (Phi) is 2.41. The lowest BCUT2D eigenvalue weighted by molar-refractivity contribution is 0.455. The Morgan fingerprint density at radius 1 is 1.29 bits per heavy atom. The van der Waals surface area contributed by atoms with E-state index in [0.29, 0.717) is 6.42 Å². The molecule has 0 saturated heterocycles. The highest BCUT2D eigenvalue weighted by atomic mass is 35.5. The first-order valence-electron chi connectivity index (χ1n) is 4.21. The van der Waals surface area contributed by atoms with Gasteiger partial charge in [-0.15, -0.1) is 0 Å². The highest BCUT2D eigenvalue weighted by Gasteiger charge is 2.00. The Hall–Kier alpha value is -1.48. The van der Waals surface area contributed by atoms with Crippen LogP contribution in [0.2, 0.25) is 5.02 Å². The number of H-pyrrole nitrogens is 1. The summed E-state index contributed by atoms with van der Waals surface area (Å²) in [5.41, 5.74) is 1.10. The van der Waals surface area contributed by atoms with Gasteiger partial charge >= 0.3 is 0 Å². The molecule has 0 aliphatic carbocycles. The lowest BCUT2D eigenvalue weighted by atomic mass is 10.1. The molecule has 0 saturated carbocycles. The van der Waals surface area contributed by atoms with Crippen LogP contribution in [0.4, 0.5) is 0 Å². The zero-order valence-electron chi connectivity index (χ0n) is 7.37. The van der Waals surface area contributed by atoms with Gasteiger partial charge in [0.05, 0.1) is 6.20 Å². The summed E-state index contributed by atoms with van der Waals surface area (Å²) in [5.74, 6) is 0.832. The van der Waals surface area contributed by atoms with Gasteiger partial charge in [0.1, 0.15) is 5.82 Å². The second-order valence-electron chi connectivity index (χ2n) is 3.02. The Balaban J connectivity index is 2.15. The first kappa shape index (κ1) is 9.09. The minimum Gasteiger partial charge on any atom is -0.493 e. The molecule has 14 heavy (non-hydrogen) atoms. The fourth-order valence-electron chi connectivity index (χ4n) is 1.24. The van der Waals surface area contributed by atoms with Crippen LogP contribution in [0.3, 0.4) is 0 Å². The lowest BCUT2D eigenvalue weighted by Crippen LogP contribution is -1.89. The molecule has 0 unspecified atom stereocenters. The molecule has 0 spiro atoms. The van der Waals surface area contributed by atoms with Crippen molar-refractivity contribution in [2.45, 2.75) is 6.42 Å². The standard InChI is InChI=1S/C10H9ClN2O/c11-8-3-1-7(2-4-8)5-9-12-6-10(14)13-9/h1-4,6,14H,5H2,(H,12,13). The SMILES string of the molecule is Oc1cnc(Cc2ccc(Cl)cc2)[nH]1. The summed E-state index contributed by atoms with van der Waals surface area (Å²) in [6, 6.07) is 7.53. The minimum atomic E-state index is 0.0916. The van der Waals surface area contributed by atoms with Gasteiger partial charge in [0.2, 0.25) is 5.88 Å². The zero-order chi connectivity index (χ0) is 9.97. The van der Waals surface area contributed by atoms with Gasteiger partial charge in [-0.2, -0.15) is 0 Å². The normalized spacial score (nSPS) is 10.4. The van der Waals surface area contributed by atoms with E-state index in [1.807, 2.05) is 24.3 Å². The number of hydrogen-bond donors (Lipinski definition) is 2. The van der Waals surface area contributed by atoms with Crippen LogP contribution in [0, 0.1) is 0 Å². The topological polar surface area (TPSA) is 48.9 Å². The summed E-state index contributed by atoms with van der Waals surface area (Å²) in [5, 5.41) is 9.75. The van der Waals surface area contributed by atoms with E-state index >= 15 is 0 Å². The van der Waals surface area contributed by atoms with Gasteiger partial charge in [0, 0.05) is 11.4 Å². The number of rotatable bonds is 2. The van der Waals surface area contributed by atoms with Crippen molar-refractivity contribution in [2.75, 3.05) is 0 Å². The number of nitrogens with one attached hydrogen (secondary N) is 1. The van der Waals surface area contributed by atoms with Gasteiger partial charge < -0.3 is 10.1 Å². The summed E-state index contributed by atoms with van der Waals surface area (Å²) in [7, 11) is 0. The Morgan fingerprint density at radius 3 is 2.57 bits per heavy atom. The first-order valence-corrected chi connectivity index (χ1v) is 4.59. The van der Waals surface area contributed by atoms with Crippen LogP contribution >= 0.6 is 11.6 Å². The molecule has 0 atom stereocenters. The molecule has 2 aromatic rings. The fourth-order valence-corrected chi connectivity index (χ4v) is 1.36. The molecule has 0 aliphatic heterocycles. The Morgan fingerprint density at radius 2 is 2.00 bits per heavy atom. The van der Waals surface area contributed by atoms with Gasteiger partial charge in [-0.25, -0.2) is 4.98 Å². The van der Waals surface area contributed by atoms with E-state index in [1.165, 1.54) is 6.20 Å². The van der Waals surface area contributed by atoms with Crippen LogP contribution in [0.25, 0.3) is 0 Å². The van der Waals surface area contributed by atoms with Gasteiger partial charge in [-0.1, -0.05) is 23.7 Å². The summed E-state index contributed by atoms with van der Waals surface area (Å²) in [6.45, 7) is 0. The van der Waals surface area contributed by atoms with Crippen LogP contribution in [0.15, 0.2) is 30.5 Å². The van der Waals surface area contributed by atoms with Crippen molar-refractivity contribution >= 4 is 11.6 Å². The second-order valence-corrected chi connectivity index (χ2v) is 3.45. The minimum absolute atomic E-state index is 0.0916. The lowest BCUT2D eigenvalue weighted by Gasteiger charge is -1.97. The molecule has 2 rings (SSSR count). The van der Waals surface area contributed by atoms with Crippen LogP contribution < -0.4 is 0 Å². The van der Waals surface area contributed by atoms with Crippen LogP contribution in [-0.2, 0) is 6.42 Å². The van der Waals surface area contributed by atoms with Crippen molar-refractivity contribution in [3.63, 3.8) is 0 Å². The van der Waals surface area contributed by atoms with Gasteiger partial charge in [-0.3, -0.25) is 0 Å². The third-order valence-electron chi connectivity index (χ3n) is 1.90. The smallest absolute Gasteiger partial charge is 0.208 e. The largest absolute Gasteiger partial charge is 0.493 e. The van der Waals surface area contributed by atoms with E-state index < -0.39 is 0 Å². The zero-order valence-corrected chi connectivity index (χ0v) is 8.12. The van der Waals surface area contributed by atoms with Crippen molar-refractivity contribution < 1.29 is 5.11 Å². The van der Waals surface area contributed by atoms with Crippen LogP contribution in [0.1, 0.15) is 11.4 Å². The number of aromatic nitrogens is 2. The predicted molar refractivity (Wildman–Crippen MR) is 54.5 cm³/mol. The third-order valence-corrected chi connectivity index (χ3v) is 2.15. The van der Waals surface area contributed by atoms with Gasteiger partial charge in [0.25, 0.3) is 0 Å². The van der Waals surface area contributed by atoms with Gasteiger partial charge in [0.15, 0.2) is 0 Å². The maximum Gasteiger partial charge on any atom is 0.208 e. The molecule has 3 nitrogen and oxygen atoms in total. The summed E-state index contributed by atoms with van der Waals surface area (Å²) < 4.78 is 0. The molecule has 0 radical (unpaired) electrons. The van der Waals surface area contributed by atoms with E-state index in [-0.39, 0.29) is 5.88 Å². The molecule has 0 bridgehead atoms. The highest BCUT2D eigenvalue weighted by molar-refractivity contribution is 6.30. The van der Waals surface area contributed by atoms with Crippen molar-refractivity contribution in [1.29, 1.82) is 0 Å². The number of imidazole rings is 1. The van der Waals surface area contributed by atoms with Crippen LogP contribution in [-0.4, -0.2) is 15.1 Å². The summed E-state index contributed by atoms with van der Waals surface area (Å²) in [4.78, 5) is 6.75. The number of aromatic hydroxyl groups is 1. The average molecular weight is 209 g/mol. The molecule has 0 fully saturated rings. The molecule has 0 aliphatic rings. The van der Waals surface area contributed by atoms with Gasteiger partial charge in [-0.05, 0) is 17.7 Å². The number of benzene rings is 1. The number of nitrogens with zero attached hydrogens (tertiary/aromatic N) is 1. The van der Waals surface area contributed by atoms with E-state index in [9.17, 15) is 0 Å². The molecule has 2 N–H and O–H groups in total. The van der Waals surface area contributed by atoms with E-state index in [2.05, 4.69) is 9.97 Å². The second kappa shape index (κ2) is 3.72. The molecule has 1 heterocycles. The quantitative estimate of drug-likeness (QED) is 0.796. The molecule has 72 valence electrons. The van der Waals surface area contributed by atoms with Crippen molar-refractivity contribution in [1.82, 2.24) is 9.97 Å². The fraction of sp³-hybridized carbons (Fsp3) is 0.100. The van der Waals surface area contributed by atoms with E-state index in [1.54, 1.807) is 0 Å². The Bertz CT molecular complexity index is 422. The molecule has 1 aromatic carbocycles. The maximum atomic E-state index is 9.04. The van der Waals surface area contributed by atoms with Crippen molar-refractivity contribution in [3.05, 3.63) is 46.9 Å². The van der Waals surface area contributed by atoms with Crippen molar-refractivity contribution in [2.24, 2.45) is 0 Å². The molecule has 4 heteroatoms. The third kappa shape index (κ3) is 2.06. The number of hydrogen-bond acceptors (Lipinski definition) is 2. The summed E-state index contributed by atoms with van der Waals surface area (Å²) >= 11 is 5.76. The monoisotopic (exact) mass is 208 g/mol. The molecular weight excluding hydrogens is 200 g/mol. The average Bonchev–Trinajstić information content (AvgIpc) is 2.56. The predicted octanol–water partition coefficient (Wildman–Crippen LogP) is 2.36. The summed E-state index contributed by atoms with van der Waals surface area (Å²) in [6.07, 6.45) is 2.06. The first-order chi connectivity index (χ1) is 6.74. The number of halogens is 1. The molecular formula is C10H9ClN2O. The highest BCUT2D eigenvalue weighted by Crippen LogP contribution is 2.13. The van der Waals surface area contributed by atoms with Crippen LogP contribution in [0.5, 0.6) is 5.88 Å².